The quantitative estimate of drug-likeness (QED) is 0.593. The first-order valence-corrected chi connectivity index (χ1v) is 4.30. The van der Waals surface area contributed by atoms with Crippen LogP contribution in [0.15, 0.2) is 24.3 Å². The Morgan fingerprint density at radius 1 is 1.31 bits per heavy atom. The molecule has 0 fully saturated rings. The molecule has 2 heteroatoms. The van der Waals surface area contributed by atoms with Gasteiger partial charge < -0.3 is 0 Å². The van der Waals surface area contributed by atoms with Crippen LogP contribution in [-0.4, -0.2) is 5.78 Å². The fourth-order valence-corrected chi connectivity index (χ4v) is 1.69. The van der Waals surface area contributed by atoms with Crippen LogP contribution in [0.25, 0.3) is 0 Å². The van der Waals surface area contributed by atoms with E-state index >= 15 is 0 Å². The zero-order valence-electron chi connectivity index (χ0n) is 7.16. The summed E-state index contributed by atoms with van der Waals surface area (Å²) < 4.78 is 0. The molecule has 0 aromatic heterocycles. The van der Waals surface area contributed by atoms with Crippen LogP contribution in [0.4, 0.5) is 0 Å². The lowest BCUT2D eigenvalue weighted by molar-refractivity contribution is -0.121. The highest BCUT2D eigenvalue weighted by Crippen LogP contribution is 2.22. The largest absolute Gasteiger partial charge is 0.298 e. The minimum absolute atomic E-state index is 0.0567. The number of rotatable bonds is 0. The highest BCUT2D eigenvalue weighted by atomic mass is 16.1. The Kier molecular flexibility index (Phi) is 1.86. The topological polar surface area (TPSA) is 40.9 Å². The molecule has 1 aromatic rings. The van der Waals surface area contributed by atoms with Gasteiger partial charge in [-0.1, -0.05) is 24.3 Å². The second-order valence-electron chi connectivity index (χ2n) is 3.30. The van der Waals surface area contributed by atoms with Crippen molar-refractivity contribution in [1.82, 2.24) is 0 Å². The van der Waals surface area contributed by atoms with Gasteiger partial charge in [0.2, 0.25) is 0 Å². The number of hydrogen-bond acceptors (Lipinski definition) is 2. The Balaban J connectivity index is 2.39. The van der Waals surface area contributed by atoms with Gasteiger partial charge in [-0.2, -0.15) is 5.26 Å². The molecule has 0 spiro atoms. The van der Waals surface area contributed by atoms with Crippen molar-refractivity contribution in [1.29, 1.82) is 5.26 Å². The van der Waals surface area contributed by atoms with E-state index in [0.717, 1.165) is 11.1 Å². The summed E-state index contributed by atoms with van der Waals surface area (Å²) in [6.45, 7) is 0. The lowest BCUT2D eigenvalue weighted by Gasteiger charge is -2.17. The third-order valence-electron chi connectivity index (χ3n) is 2.45. The molecule has 1 atom stereocenters. The maximum absolute atomic E-state index is 11.4. The van der Waals surface area contributed by atoms with Crippen LogP contribution < -0.4 is 0 Å². The first-order chi connectivity index (χ1) is 6.31. The van der Waals surface area contributed by atoms with Crippen LogP contribution >= 0.6 is 0 Å². The summed E-state index contributed by atoms with van der Waals surface area (Å²) in [5.74, 6) is -0.365. The van der Waals surface area contributed by atoms with Crippen LogP contribution in [0.1, 0.15) is 11.1 Å². The molecule has 1 aliphatic carbocycles. The van der Waals surface area contributed by atoms with E-state index in [4.69, 9.17) is 5.26 Å². The van der Waals surface area contributed by atoms with Gasteiger partial charge in [0, 0.05) is 6.42 Å². The minimum atomic E-state index is -0.421. The zero-order chi connectivity index (χ0) is 9.26. The molecule has 13 heavy (non-hydrogen) atoms. The predicted octanol–water partition coefficient (Wildman–Crippen LogP) is 1.49. The monoisotopic (exact) mass is 171 g/mol. The Labute approximate surface area is 76.8 Å². The number of nitrogens with zero attached hydrogens (tertiary/aromatic N) is 1. The van der Waals surface area contributed by atoms with Crippen molar-refractivity contribution < 1.29 is 4.79 Å². The summed E-state index contributed by atoms with van der Waals surface area (Å²) in [5, 5.41) is 8.72. The summed E-state index contributed by atoms with van der Waals surface area (Å²) in [4.78, 5) is 11.4. The van der Waals surface area contributed by atoms with Crippen LogP contribution in [-0.2, 0) is 17.6 Å². The van der Waals surface area contributed by atoms with Gasteiger partial charge in [0.05, 0.1) is 6.07 Å². The summed E-state index contributed by atoms with van der Waals surface area (Å²) in [7, 11) is 0. The third kappa shape index (κ3) is 1.33. The maximum Gasteiger partial charge on any atom is 0.154 e. The Hall–Kier alpha value is -1.62. The van der Waals surface area contributed by atoms with Gasteiger partial charge in [-0.3, -0.25) is 4.79 Å². The van der Waals surface area contributed by atoms with E-state index in [-0.39, 0.29) is 5.78 Å². The molecule has 0 radical (unpaired) electrons. The fourth-order valence-electron chi connectivity index (χ4n) is 1.69. The van der Waals surface area contributed by atoms with E-state index in [0.29, 0.717) is 12.8 Å². The average molecular weight is 171 g/mol. The van der Waals surface area contributed by atoms with Crippen molar-refractivity contribution in [2.45, 2.75) is 12.8 Å². The van der Waals surface area contributed by atoms with Crippen molar-refractivity contribution in [2.24, 2.45) is 5.92 Å². The van der Waals surface area contributed by atoms with Crippen molar-refractivity contribution in [3.63, 3.8) is 0 Å². The van der Waals surface area contributed by atoms with Gasteiger partial charge in [-0.25, -0.2) is 0 Å². The number of nitriles is 1. The van der Waals surface area contributed by atoms with Crippen molar-refractivity contribution >= 4 is 5.78 Å². The first kappa shape index (κ1) is 8.00. The minimum Gasteiger partial charge on any atom is -0.298 e. The number of carbonyl (C=O) groups excluding carboxylic acids is 1. The Morgan fingerprint density at radius 2 is 2.00 bits per heavy atom. The number of fused-ring (bicyclic) bond motifs is 1. The van der Waals surface area contributed by atoms with Gasteiger partial charge >= 0.3 is 0 Å². The molecular formula is C11H9NO. The number of hydrogen-bond donors (Lipinski definition) is 0. The number of carbonyl (C=O) groups is 1. The van der Waals surface area contributed by atoms with E-state index in [9.17, 15) is 4.79 Å². The number of Topliss-reactive ketones (excluding diaryl/α,β-unsaturated/α-hetero) is 1. The molecule has 1 aromatic carbocycles. The summed E-state index contributed by atoms with van der Waals surface area (Å²) >= 11 is 0. The first-order valence-electron chi connectivity index (χ1n) is 4.30. The molecule has 0 saturated carbocycles. The third-order valence-corrected chi connectivity index (χ3v) is 2.45. The van der Waals surface area contributed by atoms with Crippen LogP contribution in [0.2, 0.25) is 0 Å². The van der Waals surface area contributed by atoms with Gasteiger partial charge in [0.1, 0.15) is 5.92 Å². The molecule has 1 aliphatic rings. The molecule has 0 heterocycles. The molecular weight excluding hydrogens is 162 g/mol. The zero-order valence-corrected chi connectivity index (χ0v) is 7.16. The molecule has 0 bridgehead atoms. The lowest BCUT2D eigenvalue weighted by Crippen LogP contribution is -2.23. The Bertz CT molecular complexity index is 389. The second-order valence-corrected chi connectivity index (χ2v) is 3.30. The highest BCUT2D eigenvalue weighted by Gasteiger charge is 2.25. The molecule has 0 saturated heterocycles. The predicted molar refractivity (Wildman–Crippen MR) is 48.0 cm³/mol. The molecule has 2 nitrogen and oxygen atoms in total. The van der Waals surface area contributed by atoms with E-state index < -0.39 is 5.92 Å². The van der Waals surface area contributed by atoms with E-state index in [2.05, 4.69) is 0 Å². The normalized spacial score (nSPS) is 20.5. The summed E-state index contributed by atoms with van der Waals surface area (Å²) in [5.41, 5.74) is 2.23. The van der Waals surface area contributed by atoms with E-state index in [1.807, 2.05) is 30.3 Å². The standard InChI is InChI=1S/C11H9NO/c12-7-10-5-8-3-1-2-4-9(8)6-11(10)13/h1-4,10H,5-6H2. The van der Waals surface area contributed by atoms with Gasteiger partial charge in [-0.05, 0) is 17.5 Å². The van der Waals surface area contributed by atoms with Crippen LogP contribution in [0, 0.1) is 17.2 Å². The summed E-state index contributed by atoms with van der Waals surface area (Å²) in [6.07, 6.45) is 1.01. The SMILES string of the molecule is N#CC1Cc2ccccc2CC1=O. The molecule has 0 aliphatic heterocycles. The molecule has 2 rings (SSSR count). The lowest BCUT2D eigenvalue weighted by atomic mass is 9.84. The molecule has 0 N–H and O–H groups in total. The smallest absolute Gasteiger partial charge is 0.154 e. The van der Waals surface area contributed by atoms with Crippen molar-refractivity contribution in [3.05, 3.63) is 35.4 Å². The van der Waals surface area contributed by atoms with Gasteiger partial charge in [0.25, 0.3) is 0 Å². The van der Waals surface area contributed by atoms with Gasteiger partial charge in [-0.15, -0.1) is 0 Å². The number of benzene rings is 1. The van der Waals surface area contributed by atoms with Crippen molar-refractivity contribution in [3.8, 4) is 6.07 Å². The van der Waals surface area contributed by atoms with Crippen LogP contribution in [0.5, 0.6) is 0 Å². The molecule has 64 valence electrons. The average Bonchev–Trinajstić information content (AvgIpc) is 2.17. The molecule has 1 unspecified atom stereocenters. The van der Waals surface area contributed by atoms with Gasteiger partial charge in [0.15, 0.2) is 5.78 Å². The second kappa shape index (κ2) is 3.02. The van der Waals surface area contributed by atoms with Crippen molar-refractivity contribution in [2.75, 3.05) is 0 Å². The highest BCUT2D eigenvalue weighted by molar-refractivity contribution is 5.87. The Morgan fingerprint density at radius 3 is 2.69 bits per heavy atom. The van der Waals surface area contributed by atoms with E-state index in [1.165, 1.54) is 0 Å². The maximum atomic E-state index is 11.4. The van der Waals surface area contributed by atoms with E-state index in [1.54, 1.807) is 0 Å². The molecule has 0 amide bonds. The summed E-state index contributed by atoms with van der Waals surface area (Å²) in [6, 6.07) is 9.87. The number of ketones is 1. The van der Waals surface area contributed by atoms with Crippen LogP contribution in [0.3, 0.4) is 0 Å². The fraction of sp³-hybridized carbons (Fsp3) is 0.273.